The van der Waals surface area contributed by atoms with Gasteiger partial charge >= 0.3 is 6.18 Å². The average Bonchev–Trinajstić information content (AvgIpc) is 3.16. The van der Waals surface area contributed by atoms with Crippen molar-refractivity contribution in [2.45, 2.75) is 10.4 Å². The van der Waals surface area contributed by atoms with E-state index in [1.807, 2.05) is 0 Å². The molecule has 1 aromatic heterocycles. The van der Waals surface area contributed by atoms with E-state index in [4.69, 9.17) is 0 Å². The lowest BCUT2D eigenvalue weighted by molar-refractivity contribution is -0.384. The summed E-state index contributed by atoms with van der Waals surface area (Å²) in [6.07, 6.45) is -4.68. The number of sulfonamides is 1. The van der Waals surface area contributed by atoms with Gasteiger partial charge in [-0.05, 0) is 23.6 Å². The predicted octanol–water partition coefficient (Wildman–Crippen LogP) is 3.19. The number of rotatable bonds is 4. The van der Waals surface area contributed by atoms with E-state index in [-0.39, 0.29) is 36.1 Å². The molecule has 0 spiro atoms. The molecule has 1 fully saturated rings. The van der Waals surface area contributed by atoms with Gasteiger partial charge in [0.25, 0.3) is 15.7 Å². The van der Waals surface area contributed by atoms with Crippen LogP contribution in [0.4, 0.5) is 24.5 Å². The topological polar surface area (TPSA) is 83.8 Å². The van der Waals surface area contributed by atoms with Crippen LogP contribution in [0.5, 0.6) is 0 Å². The second-order valence-electron chi connectivity index (χ2n) is 5.78. The molecule has 0 atom stereocenters. The summed E-state index contributed by atoms with van der Waals surface area (Å²) >= 11 is 1.09. The van der Waals surface area contributed by atoms with E-state index in [9.17, 15) is 31.7 Å². The molecule has 7 nitrogen and oxygen atoms in total. The Hall–Kier alpha value is -2.18. The van der Waals surface area contributed by atoms with Crippen molar-refractivity contribution in [2.24, 2.45) is 0 Å². The zero-order valence-electron chi connectivity index (χ0n) is 13.7. The molecule has 27 heavy (non-hydrogen) atoms. The van der Waals surface area contributed by atoms with Crippen LogP contribution >= 0.6 is 11.3 Å². The summed E-state index contributed by atoms with van der Waals surface area (Å²) in [6.45, 7) is 0.435. The van der Waals surface area contributed by atoms with E-state index >= 15 is 0 Å². The summed E-state index contributed by atoms with van der Waals surface area (Å²) in [5, 5.41) is 12.9. The summed E-state index contributed by atoms with van der Waals surface area (Å²) < 4.78 is 64.9. The SMILES string of the molecule is O=[N+]([O-])c1cc(C(F)(F)F)ccc1N1CCN(S(=O)(=O)c2cccs2)CC1. The normalized spacial score (nSPS) is 16.5. The molecule has 12 heteroatoms. The fraction of sp³-hybridized carbons (Fsp3) is 0.333. The largest absolute Gasteiger partial charge is 0.416 e. The number of nitrogens with zero attached hydrogens (tertiary/aromatic N) is 3. The standard InChI is InChI=1S/C15H14F3N3O4S2/c16-15(17,18)11-3-4-12(13(10-11)21(22)23)19-5-7-20(8-6-19)27(24,25)14-2-1-9-26-14/h1-4,9-10H,5-8H2. The van der Waals surface area contributed by atoms with Gasteiger partial charge in [-0.2, -0.15) is 17.5 Å². The number of anilines is 1. The summed E-state index contributed by atoms with van der Waals surface area (Å²) in [7, 11) is -3.63. The quantitative estimate of drug-likeness (QED) is 0.559. The van der Waals surface area contributed by atoms with E-state index in [1.54, 1.807) is 11.4 Å². The van der Waals surface area contributed by atoms with Crippen LogP contribution in [0.25, 0.3) is 0 Å². The van der Waals surface area contributed by atoms with Crippen LogP contribution in [0.1, 0.15) is 5.56 Å². The van der Waals surface area contributed by atoms with Crippen LogP contribution < -0.4 is 4.90 Å². The second-order valence-corrected chi connectivity index (χ2v) is 8.89. The molecule has 0 aliphatic carbocycles. The van der Waals surface area contributed by atoms with Crippen LogP contribution in [0, 0.1) is 10.1 Å². The number of benzene rings is 1. The first kappa shape index (κ1) is 19.6. The van der Waals surface area contributed by atoms with Crippen LogP contribution in [0.3, 0.4) is 0 Å². The monoisotopic (exact) mass is 421 g/mol. The first-order valence-electron chi connectivity index (χ1n) is 7.75. The molecule has 1 aromatic carbocycles. The molecule has 0 amide bonds. The zero-order valence-corrected chi connectivity index (χ0v) is 15.4. The van der Waals surface area contributed by atoms with E-state index in [0.717, 1.165) is 23.5 Å². The molecule has 0 bridgehead atoms. The molecule has 2 aromatic rings. The highest BCUT2D eigenvalue weighted by atomic mass is 32.2. The lowest BCUT2D eigenvalue weighted by Crippen LogP contribution is -2.48. The lowest BCUT2D eigenvalue weighted by Gasteiger charge is -2.34. The minimum absolute atomic E-state index is 0.0428. The molecule has 0 unspecified atom stereocenters. The van der Waals surface area contributed by atoms with E-state index in [2.05, 4.69) is 0 Å². The Bertz CT molecular complexity index is 938. The maximum Gasteiger partial charge on any atom is 0.416 e. The fourth-order valence-corrected chi connectivity index (χ4v) is 5.39. The van der Waals surface area contributed by atoms with Gasteiger partial charge in [-0.25, -0.2) is 8.42 Å². The zero-order chi connectivity index (χ0) is 19.8. The number of hydrogen-bond acceptors (Lipinski definition) is 6. The van der Waals surface area contributed by atoms with Crippen molar-refractivity contribution in [1.82, 2.24) is 4.31 Å². The number of alkyl halides is 3. The number of nitro benzene ring substituents is 1. The van der Waals surface area contributed by atoms with Gasteiger partial charge in [-0.15, -0.1) is 11.3 Å². The van der Waals surface area contributed by atoms with Crippen molar-refractivity contribution in [1.29, 1.82) is 0 Å². The van der Waals surface area contributed by atoms with E-state index in [0.29, 0.717) is 6.07 Å². The Morgan fingerprint density at radius 3 is 2.30 bits per heavy atom. The molecule has 3 rings (SSSR count). The predicted molar refractivity (Wildman–Crippen MR) is 93.4 cm³/mol. The Morgan fingerprint density at radius 1 is 1.11 bits per heavy atom. The maximum absolute atomic E-state index is 12.8. The smallest absolute Gasteiger partial charge is 0.363 e. The molecule has 0 N–H and O–H groups in total. The number of nitro groups is 1. The number of hydrogen-bond donors (Lipinski definition) is 0. The third kappa shape index (κ3) is 3.92. The van der Waals surface area contributed by atoms with Crippen molar-refractivity contribution in [3.8, 4) is 0 Å². The van der Waals surface area contributed by atoms with Gasteiger partial charge in [-0.3, -0.25) is 10.1 Å². The first-order chi connectivity index (χ1) is 12.6. The van der Waals surface area contributed by atoms with Gasteiger partial charge in [0.2, 0.25) is 0 Å². The maximum atomic E-state index is 12.8. The third-order valence-corrected chi connectivity index (χ3v) is 7.44. The molecule has 1 saturated heterocycles. The molecule has 1 aliphatic rings. The summed E-state index contributed by atoms with van der Waals surface area (Å²) in [6, 6.07) is 5.47. The second kappa shape index (κ2) is 7.09. The highest BCUT2D eigenvalue weighted by molar-refractivity contribution is 7.91. The number of halogens is 3. The molecular formula is C15H14F3N3O4S2. The van der Waals surface area contributed by atoms with Gasteiger partial charge in [0.1, 0.15) is 9.90 Å². The van der Waals surface area contributed by atoms with Gasteiger partial charge in [-0.1, -0.05) is 6.07 Å². The molecular weight excluding hydrogens is 407 g/mol. The first-order valence-corrected chi connectivity index (χ1v) is 10.1. The number of piperazine rings is 1. The molecule has 0 radical (unpaired) electrons. The molecule has 2 heterocycles. The molecule has 1 aliphatic heterocycles. The highest BCUT2D eigenvalue weighted by Gasteiger charge is 2.35. The van der Waals surface area contributed by atoms with Crippen LogP contribution in [0.15, 0.2) is 39.9 Å². The van der Waals surface area contributed by atoms with Crippen LogP contribution in [-0.2, 0) is 16.2 Å². The Labute approximate surface area is 156 Å². The van der Waals surface area contributed by atoms with Gasteiger partial charge in [0, 0.05) is 32.2 Å². The van der Waals surface area contributed by atoms with Gasteiger partial charge in [0.15, 0.2) is 0 Å². The Balaban J connectivity index is 1.81. The minimum Gasteiger partial charge on any atom is -0.363 e. The average molecular weight is 421 g/mol. The van der Waals surface area contributed by atoms with Gasteiger partial charge < -0.3 is 4.90 Å². The summed E-state index contributed by atoms with van der Waals surface area (Å²) in [5.41, 5.74) is -1.71. The Kier molecular flexibility index (Phi) is 5.14. The van der Waals surface area contributed by atoms with E-state index in [1.165, 1.54) is 15.3 Å². The van der Waals surface area contributed by atoms with Gasteiger partial charge in [0.05, 0.1) is 10.5 Å². The summed E-state index contributed by atoms with van der Waals surface area (Å²) in [4.78, 5) is 11.9. The van der Waals surface area contributed by atoms with Crippen molar-refractivity contribution in [3.05, 3.63) is 51.4 Å². The highest BCUT2D eigenvalue weighted by Crippen LogP contribution is 2.37. The van der Waals surface area contributed by atoms with Crippen LogP contribution in [0.2, 0.25) is 0 Å². The third-order valence-electron chi connectivity index (χ3n) is 4.17. The van der Waals surface area contributed by atoms with Crippen molar-refractivity contribution in [3.63, 3.8) is 0 Å². The fourth-order valence-electron chi connectivity index (χ4n) is 2.82. The Morgan fingerprint density at radius 2 is 1.78 bits per heavy atom. The van der Waals surface area contributed by atoms with Crippen LogP contribution in [-0.4, -0.2) is 43.8 Å². The lowest BCUT2D eigenvalue weighted by atomic mass is 10.1. The van der Waals surface area contributed by atoms with Crippen molar-refractivity contribution >= 4 is 32.7 Å². The van der Waals surface area contributed by atoms with Crippen molar-refractivity contribution < 1.29 is 26.5 Å². The molecule has 0 saturated carbocycles. The number of thiophene rings is 1. The minimum atomic E-state index is -4.68. The summed E-state index contributed by atoms with van der Waals surface area (Å²) in [5.74, 6) is 0. The molecule has 146 valence electrons. The van der Waals surface area contributed by atoms with E-state index < -0.39 is 32.4 Å². The van der Waals surface area contributed by atoms with Crippen molar-refractivity contribution in [2.75, 3.05) is 31.1 Å².